The smallest absolute Gasteiger partial charge is 0.111 e. The molecule has 0 fully saturated rings. The van der Waals surface area contributed by atoms with E-state index in [-0.39, 0.29) is 6.04 Å². The molecule has 0 saturated heterocycles. The number of nitrogens with two attached hydrogens (primary N) is 1. The Morgan fingerprint density at radius 1 is 1.20 bits per heavy atom. The maximum absolute atomic E-state index is 5.77. The van der Waals surface area contributed by atoms with Gasteiger partial charge in [0.25, 0.3) is 0 Å². The van der Waals surface area contributed by atoms with Gasteiger partial charge in [0.2, 0.25) is 0 Å². The van der Waals surface area contributed by atoms with Gasteiger partial charge in [-0.2, -0.15) is 0 Å². The Bertz CT molecular complexity index is 542. The predicted octanol–water partition coefficient (Wildman–Crippen LogP) is 2.87. The lowest BCUT2D eigenvalue weighted by Gasteiger charge is -2.24. The van der Waals surface area contributed by atoms with Gasteiger partial charge in [0, 0.05) is 19.0 Å². The first-order valence-electron chi connectivity index (χ1n) is 7.65. The minimum Gasteiger partial charge on any atom is -0.328 e. The lowest BCUT2D eigenvalue weighted by molar-refractivity contribution is 0.329. The molecule has 0 amide bonds. The van der Waals surface area contributed by atoms with Crippen molar-refractivity contribution in [2.45, 2.75) is 52.6 Å². The summed E-state index contributed by atoms with van der Waals surface area (Å²) in [6.45, 7) is 7.55. The van der Waals surface area contributed by atoms with Crippen LogP contribution in [0.25, 0.3) is 11.0 Å². The average Bonchev–Trinajstić information content (AvgIpc) is 2.84. The number of hydrogen-bond acceptors (Lipinski definition) is 3. The largest absolute Gasteiger partial charge is 0.328 e. The first-order valence-corrected chi connectivity index (χ1v) is 7.65. The topological polar surface area (TPSA) is 55.9 Å². The molecule has 0 spiro atoms. The van der Waals surface area contributed by atoms with Crippen LogP contribution in [0.4, 0.5) is 0 Å². The second-order valence-corrected chi connectivity index (χ2v) is 5.31. The number of nitrogens with zero attached hydrogens (tertiary/aromatic N) is 2. The van der Waals surface area contributed by atoms with E-state index < -0.39 is 0 Å². The van der Waals surface area contributed by atoms with Gasteiger partial charge in [-0.1, -0.05) is 38.8 Å². The summed E-state index contributed by atoms with van der Waals surface area (Å²) in [5.74, 6) is 7.49. The summed E-state index contributed by atoms with van der Waals surface area (Å²) in [6, 6.07) is 8.61. The lowest BCUT2D eigenvalue weighted by atomic mass is 9.92. The van der Waals surface area contributed by atoms with Crippen LogP contribution in [-0.4, -0.2) is 15.6 Å². The summed E-state index contributed by atoms with van der Waals surface area (Å²) >= 11 is 0. The van der Waals surface area contributed by atoms with Gasteiger partial charge in [0.05, 0.1) is 11.0 Å². The minimum absolute atomic E-state index is 0.284. The van der Waals surface area contributed by atoms with Gasteiger partial charge in [-0.25, -0.2) is 4.98 Å². The summed E-state index contributed by atoms with van der Waals surface area (Å²) in [4.78, 5) is 4.79. The van der Waals surface area contributed by atoms with Crippen molar-refractivity contribution in [2.75, 3.05) is 0 Å². The summed E-state index contributed by atoms with van der Waals surface area (Å²) in [6.07, 6.45) is 3.15. The molecular formula is C16H26N4. The van der Waals surface area contributed by atoms with Crippen molar-refractivity contribution in [1.82, 2.24) is 15.0 Å². The van der Waals surface area contributed by atoms with Crippen LogP contribution in [0.3, 0.4) is 0 Å². The van der Waals surface area contributed by atoms with Crippen molar-refractivity contribution in [2.24, 2.45) is 11.8 Å². The van der Waals surface area contributed by atoms with E-state index in [9.17, 15) is 0 Å². The van der Waals surface area contributed by atoms with Crippen LogP contribution in [0.5, 0.6) is 0 Å². The fourth-order valence-electron chi connectivity index (χ4n) is 3.05. The molecule has 0 aliphatic carbocycles. The van der Waals surface area contributed by atoms with E-state index >= 15 is 0 Å². The first-order chi connectivity index (χ1) is 9.74. The van der Waals surface area contributed by atoms with E-state index in [0.29, 0.717) is 5.92 Å². The molecule has 3 N–H and O–H groups in total. The number of nitrogens with one attached hydrogen (secondary N) is 1. The maximum atomic E-state index is 5.77. The van der Waals surface area contributed by atoms with Crippen molar-refractivity contribution in [3.63, 3.8) is 0 Å². The molecule has 20 heavy (non-hydrogen) atoms. The van der Waals surface area contributed by atoms with Crippen LogP contribution < -0.4 is 11.3 Å². The highest BCUT2D eigenvalue weighted by atomic mass is 15.2. The molecule has 4 heteroatoms. The van der Waals surface area contributed by atoms with Crippen LogP contribution in [0.2, 0.25) is 0 Å². The van der Waals surface area contributed by atoms with Crippen molar-refractivity contribution >= 4 is 11.0 Å². The highest BCUT2D eigenvalue weighted by Gasteiger charge is 2.20. The first kappa shape index (κ1) is 15.0. The van der Waals surface area contributed by atoms with Crippen molar-refractivity contribution in [3.05, 3.63) is 30.1 Å². The zero-order valence-corrected chi connectivity index (χ0v) is 12.8. The van der Waals surface area contributed by atoms with Gasteiger partial charge in [0.1, 0.15) is 5.82 Å². The molecule has 1 atom stereocenters. The van der Waals surface area contributed by atoms with Crippen LogP contribution in [-0.2, 0) is 13.0 Å². The fourth-order valence-corrected chi connectivity index (χ4v) is 3.05. The normalized spacial score (nSPS) is 13.2. The van der Waals surface area contributed by atoms with Gasteiger partial charge < -0.3 is 4.57 Å². The van der Waals surface area contributed by atoms with Crippen LogP contribution in [0, 0.1) is 5.92 Å². The number of aromatic nitrogens is 2. The van der Waals surface area contributed by atoms with Crippen molar-refractivity contribution in [3.8, 4) is 0 Å². The number of aryl methyl sites for hydroxylation is 1. The van der Waals surface area contributed by atoms with Gasteiger partial charge in [-0.05, 0) is 25.0 Å². The third-order valence-corrected chi connectivity index (χ3v) is 4.28. The summed E-state index contributed by atoms with van der Waals surface area (Å²) in [5.41, 5.74) is 5.28. The number of imidazole rings is 1. The molecule has 1 aromatic heterocycles. The Hall–Kier alpha value is -1.39. The molecule has 0 radical (unpaired) electrons. The van der Waals surface area contributed by atoms with E-state index in [1.807, 2.05) is 6.07 Å². The monoisotopic (exact) mass is 274 g/mol. The minimum atomic E-state index is 0.284. The highest BCUT2D eigenvalue weighted by Crippen LogP contribution is 2.20. The molecular weight excluding hydrogens is 248 g/mol. The molecule has 110 valence electrons. The predicted molar refractivity (Wildman–Crippen MR) is 84.3 cm³/mol. The molecule has 0 aliphatic rings. The molecule has 0 aliphatic heterocycles. The Labute approximate surface area is 121 Å². The number of hydrogen-bond donors (Lipinski definition) is 2. The molecule has 0 bridgehead atoms. The Morgan fingerprint density at radius 2 is 1.90 bits per heavy atom. The zero-order chi connectivity index (χ0) is 14.5. The maximum Gasteiger partial charge on any atom is 0.111 e. The van der Waals surface area contributed by atoms with E-state index in [4.69, 9.17) is 10.8 Å². The Kier molecular flexibility index (Phi) is 5.15. The zero-order valence-electron chi connectivity index (χ0n) is 12.8. The third kappa shape index (κ3) is 2.86. The van der Waals surface area contributed by atoms with Crippen molar-refractivity contribution in [1.29, 1.82) is 0 Å². The number of rotatable bonds is 7. The average molecular weight is 274 g/mol. The molecule has 2 aromatic rings. The molecule has 1 heterocycles. The molecule has 2 rings (SSSR count). The van der Waals surface area contributed by atoms with Gasteiger partial charge in [-0.3, -0.25) is 11.3 Å². The Morgan fingerprint density at radius 3 is 2.50 bits per heavy atom. The van der Waals surface area contributed by atoms with E-state index in [1.165, 1.54) is 5.52 Å². The Balaban J connectivity index is 2.32. The summed E-state index contributed by atoms with van der Waals surface area (Å²) < 4.78 is 2.29. The van der Waals surface area contributed by atoms with Gasteiger partial charge in [-0.15, -0.1) is 0 Å². The highest BCUT2D eigenvalue weighted by molar-refractivity contribution is 5.75. The van der Waals surface area contributed by atoms with E-state index in [2.05, 4.69) is 49.0 Å². The molecule has 1 aromatic carbocycles. The second-order valence-electron chi connectivity index (χ2n) is 5.31. The fraction of sp³-hybridized carbons (Fsp3) is 0.562. The summed E-state index contributed by atoms with van der Waals surface area (Å²) in [5, 5.41) is 0. The van der Waals surface area contributed by atoms with E-state index in [0.717, 1.165) is 37.1 Å². The summed E-state index contributed by atoms with van der Waals surface area (Å²) in [7, 11) is 0. The third-order valence-electron chi connectivity index (χ3n) is 4.28. The van der Waals surface area contributed by atoms with E-state index in [1.54, 1.807) is 0 Å². The van der Waals surface area contributed by atoms with Gasteiger partial charge in [0.15, 0.2) is 0 Å². The number of benzene rings is 1. The lowest BCUT2D eigenvalue weighted by Crippen LogP contribution is -2.42. The SMILES string of the molecule is CCC(CC)C(Cc1nc2ccccc2n1CC)NN. The quantitative estimate of drug-likeness (QED) is 0.603. The number of fused-ring (bicyclic) bond motifs is 1. The molecule has 0 saturated carbocycles. The molecule has 1 unspecified atom stereocenters. The van der Waals surface area contributed by atoms with Crippen molar-refractivity contribution < 1.29 is 0 Å². The number of para-hydroxylation sites is 2. The van der Waals surface area contributed by atoms with Crippen LogP contribution >= 0.6 is 0 Å². The second kappa shape index (κ2) is 6.86. The van der Waals surface area contributed by atoms with Gasteiger partial charge >= 0.3 is 0 Å². The standard InChI is InChI=1S/C16H26N4/c1-4-12(5-2)14(19-17)11-16-18-13-9-7-8-10-15(13)20(16)6-3/h7-10,12,14,19H,4-6,11,17H2,1-3H3. The molecule has 4 nitrogen and oxygen atoms in total. The van der Waals surface area contributed by atoms with Crippen LogP contribution in [0.15, 0.2) is 24.3 Å². The number of hydrazine groups is 1. The van der Waals surface area contributed by atoms with Crippen LogP contribution in [0.1, 0.15) is 39.4 Å².